The maximum absolute atomic E-state index is 13.5. The topological polar surface area (TPSA) is 43.1 Å². The smallest absolute Gasteiger partial charge is 0.199 e. The van der Waals surface area contributed by atoms with E-state index in [1.807, 2.05) is 0 Å². The third-order valence-corrected chi connectivity index (χ3v) is 2.84. The van der Waals surface area contributed by atoms with Crippen molar-refractivity contribution in [2.24, 2.45) is 0 Å². The van der Waals surface area contributed by atoms with Gasteiger partial charge < -0.3 is 5.73 Å². The third-order valence-electron chi connectivity index (χ3n) is 2.53. The first-order valence-electron chi connectivity index (χ1n) is 5.15. The highest BCUT2D eigenvalue weighted by Crippen LogP contribution is 2.26. The van der Waals surface area contributed by atoms with Crippen LogP contribution in [-0.4, -0.2) is 5.78 Å². The summed E-state index contributed by atoms with van der Waals surface area (Å²) in [6.07, 6.45) is 0. The summed E-state index contributed by atoms with van der Waals surface area (Å²) in [6, 6.07) is 5.08. The number of nitrogen functional groups attached to an aromatic ring is 1. The largest absolute Gasteiger partial charge is 0.398 e. The normalized spacial score (nSPS) is 10.5. The molecule has 2 aromatic rings. The van der Waals surface area contributed by atoms with Gasteiger partial charge in [-0.1, -0.05) is 17.7 Å². The minimum Gasteiger partial charge on any atom is -0.398 e. The number of carbonyl (C=O) groups is 1. The molecule has 0 aromatic heterocycles. The van der Waals surface area contributed by atoms with Crippen LogP contribution < -0.4 is 5.73 Å². The lowest BCUT2D eigenvalue weighted by molar-refractivity contribution is 0.103. The molecule has 98 valence electrons. The van der Waals surface area contributed by atoms with Gasteiger partial charge in [-0.15, -0.1) is 0 Å². The number of anilines is 1. The minimum absolute atomic E-state index is 0.00846. The molecule has 0 spiro atoms. The lowest BCUT2D eigenvalue weighted by atomic mass is 10.0. The quantitative estimate of drug-likeness (QED) is 0.521. The van der Waals surface area contributed by atoms with Gasteiger partial charge in [0.15, 0.2) is 17.4 Å². The van der Waals surface area contributed by atoms with Crippen molar-refractivity contribution in [2.45, 2.75) is 0 Å². The molecule has 2 aromatic carbocycles. The summed E-state index contributed by atoms with van der Waals surface area (Å²) in [6.45, 7) is 0. The summed E-state index contributed by atoms with van der Waals surface area (Å²) >= 11 is 5.81. The molecule has 0 heterocycles. The van der Waals surface area contributed by atoms with Gasteiger partial charge in [-0.2, -0.15) is 0 Å². The molecule has 0 saturated carbocycles. The van der Waals surface area contributed by atoms with Crippen molar-refractivity contribution in [1.29, 1.82) is 0 Å². The van der Waals surface area contributed by atoms with Crippen LogP contribution in [0.25, 0.3) is 0 Å². The summed E-state index contributed by atoms with van der Waals surface area (Å²) in [5.74, 6) is -4.78. The molecule has 19 heavy (non-hydrogen) atoms. The zero-order valence-corrected chi connectivity index (χ0v) is 10.1. The van der Waals surface area contributed by atoms with Gasteiger partial charge in [0.25, 0.3) is 0 Å². The predicted octanol–water partition coefficient (Wildman–Crippen LogP) is 3.57. The van der Waals surface area contributed by atoms with E-state index in [9.17, 15) is 18.0 Å². The number of halogens is 4. The first kappa shape index (κ1) is 13.4. The zero-order chi connectivity index (χ0) is 14.2. The molecule has 0 unspecified atom stereocenters. The zero-order valence-electron chi connectivity index (χ0n) is 9.38. The van der Waals surface area contributed by atoms with Crippen LogP contribution in [0.4, 0.5) is 18.9 Å². The minimum atomic E-state index is -1.37. The molecule has 0 amide bonds. The number of hydrogen-bond acceptors (Lipinski definition) is 2. The molecule has 0 bridgehead atoms. The van der Waals surface area contributed by atoms with Gasteiger partial charge in [-0.05, 0) is 18.2 Å². The molecule has 0 fully saturated rings. The standard InChI is InChI=1S/C13H7ClF3NO/c14-7-2-1-3-11(18)12(7)13(19)6-4-9(16)10(17)5-8(6)15/h1-5H,18H2. The second kappa shape index (κ2) is 4.93. The molecular weight excluding hydrogens is 279 g/mol. The molecule has 0 aliphatic rings. The fraction of sp³-hybridized carbons (Fsp3) is 0. The Labute approximate surface area is 111 Å². The number of hydrogen-bond donors (Lipinski definition) is 1. The van der Waals surface area contributed by atoms with E-state index in [1.54, 1.807) is 0 Å². The Morgan fingerprint density at radius 1 is 1.05 bits per heavy atom. The van der Waals surface area contributed by atoms with Gasteiger partial charge in [-0.25, -0.2) is 13.2 Å². The van der Waals surface area contributed by atoms with Crippen LogP contribution in [-0.2, 0) is 0 Å². The van der Waals surface area contributed by atoms with Gasteiger partial charge in [0.1, 0.15) is 5.82 Å². The van der Waals surface area contributed by atoms with E-state index >= 15 is 0 Å². The Hall–Kier alpha value is -2.01. The fourth-order valence-corrected chi connectivity index (χ4v) is 1.88. The fourth-order valence-electron chi connectivity index (χ4n) is 1.61. The first-order valence-corrected chi connectivity index (χ1v) is 5.53. The van der Waals surface area contributed by atoms with E-state index in [-0.39, 0.29) is 16.3 Å². The van der Waals surface area contributed by atoms with Gasteiger partial charge in [-0.3, -0.25) is 4.79 Å². The van der Waals surface area contributed by atoms with Crippen molar-refractivity contribution < 1.29 is 18.0 Å². The summed E-state index contributed by atoms with van der Waals surface area (Å²) in [4.78, 5) is 12.1. The van der Waals surface area contributed by atoms with Crippen molar-refractivity contribution >= 4 is 23.1 Å². The maximum Gasteiger partial charge on any atom is 0.199 e. The van der Waals surface area contributed by atoms with E-state index in [2.05, 4.69) is 0 Å². The third kappa shape index (κ3) is 2.42. The molecule has 0 atom stereocenters. The second-order valence-electron chi connectivity index (χ2n) is 3.78. The molecule has 2 N–H and O–H groups in total. The van der Waals surface area contributed by atoms with Crippen molar-refractivity contribution in [3.63, 3.8) is 0 Å². The Morgan fingerprint density at radius 3 is 2.32 bits per heavy atom. The van der Waals surface area contributed by atoms with Crippen LogP contribution in [0.1, 0.15) is 15.9 Å². The lowest BCUT2D eigenvalue weighted by Crippen LogP contribution is -2.09. The van der Waals surface area contributed by atoms with Crippen LogP contribution in [0.5, 0.6) is 0 Å². The highest BCUT2D eigenvalue weighted by molar-refractivity contribution is 6.35. The van der Waals surface area contributed by atoms with E-state index in [1.165, 1.54) is 18.2 Å². The Morgan fingerprint density at radius 2 is 1.68 bits per heavy atom. The van der Waals surface area contributed by atoms with E-state index in [4.69, 9.17) is 17.3 Å². The van der Waals surface area contributed by atoms with Gasteiger partial charge in [0, 0.05) is 11.8 Å². The van der Waals surface area contributed by atoms with Crippen molar-refractivity contribution in [3.05, 3.63) is 63.9 Å². The number of nitrogens with two attached hydrogens (primary N) is 1. The molecule has 6 heteroatoms. The molecular formula is C13H7ClF3NO. The highest BCUT2D eigenvalue weighted by Gasteiger charge is 2.21. The van der Waals surface area contributed by atoms with Crippen molar-refractivity contribution in [2.75, 3.05) is 5.73 Å². The first-order chi connectivity index (χ1) is 8.91. The predicted molar refractivity (Wildman–Crippen MR) is 65.6 cm³/mol. The molecule has 0 saturated heterocycles. The Kier molecular flexibility index (Phi) is 3.48. The van der Waals surface area contributed by atoms with Crippen LogP contribution >= 0.6 is 11.6 Å². The average Bonchev–Trinajstić information content (AvgIpc) is 2.33. The average molecular weight is 286 g/mol. The maximum atomic E-state index is 13.5. The van der Waals surface area contributed by atoms with Gasteiger partial charge in [0.05, 0.1) is 16.1 Å². The van der Waals surface area contributed by atoms with E-state index in [0.717, 1.165) is 0 Å². The lowest BCUT2D eigenvalue weighted by Gasteiger charge is -2.08. The SMILES string of the molecule is Nc1cccc(Cl)c1C(=O)c1cc(F)c(F)cc1F. The Balaban J connectivity index is 2.60. The molecule has 0 aliphatic carbocycles. The number of ketones is 1. The van der Waals surface area contributed by atoms with E-state index in [0.29, 0.717) is 12.1 Å². The molecule has 2 nitrogen and oxygen atoms in total. The molecule has 2 rings (SSSR count). The van der Waals surface area contributed by atoms with Crippen molar-refractivity contribution in [3.8, 4) is 0 Å². The van der Waals surface area contributed by atoms with E-state index < -0.39 is 28.8 Å². The molecule has 0 radical (unpaired) electrons. The molecule has 0 aliphatic heterocycles. The second-order valence-corrected chi connectivity index (χ2v) is 4.19. The summed E-state index contributed by atoms with van der Waals surface area (Å²) in [5.41, 5.74) is 4.84. The monoisotopic (exact) mass is 285 g/mol. The van der Waals surface area contributed by atoms with Crippen LogP contribution in [0, 0.1) is 17.5 Å². The van der Waals surface area contributed by atoms with Crippen LogP contribution in [0.3, 0.4) is 0 Å². The van der Waals surface area contributed by atoms with Gasteiger partial charge >= 0.3 is 0 Å². The number of benzene rings is 2. The Bertz CT molecular complexity index is 653. The number of rotatable bonds is 2. The number of carbonyl (C=O) groups excluding carboxylic acids is 1. The van der Waals surface area contributed by atoms with Crippen molar-refractivity contribution in [1.82, 2.24) is 0 Å². The van der Waals surface area contributed by atoms with Gasteiger partial charge in [0.2, 0.25) is 0 Å². The van der Waals surface area contributed by atoms with Crippen LogP contribution in [0.2, 0.25) is 5.02 Å². The summed E-state index contributed by atoms with van der Waals surface area (Å²) < 4.78 is 39.4. The highest BCUT2D eigenvalue weighted by atomic mass is 35.5. The summed E-state index contributed by atoms with van der Waals surface area (Å²) in [5, 5.41) is 0.00846. The summed E-state index contributed by atoms with van der Waals surface area (Å²) in [7, 11) is 0. The van der Waals surface area contributed by atoms with Crippen LogP contribution in [0.15, 0.2) is 30.3 Å².